The summed E-state index contributed by atoms with van der Waals surface area (Å²) in [6.07, 6.45) is 2.28. The van der Waals surface area contributed by atoms with Crippen LogP contribution in [0.4, 0.5) is 11.4 Å². The molecule has 0 saturated carbocycles. The predicted octanol–water partition coefficient (Wildman–Crippen LogP) is 3.71. The average molecular weight is 269 g/mol. The molecule has 0 aliphatic carbocycles. The Morgan fingerprint density at radius 2 is 2.22 bits per heavy atom. The maximum atomic E-state index is 10.8. The van der Waals surface area contributed by atoms with Gasteiger partial charge in [-0.2, -0.15) is 0 Å². The van der Waals surface area contributed by atoms with Crippen molar-refractivity contribution in [3.8, 4) is 0 Å². The van der Waals surface area contributed by atoms with Crippen molar-refractivity contribution in [2.75, 3.05) is 11.4 Å². The normalized spacial score (nSPS) is 18.1. The number of hydrogen-bond acceptors (Lipinski definition) is 3. The van der Waals surface area contributed by atoms with Gasteiger partial charge in [-0.25, -0.2) is 0 Å². The molecule has 0 N–H and O–H groups in total. The van der Waals surface area contributed by atoms with E-state index in [2.05, 4.69) is 18.7 Å². The molecule has 4 nitrogen and oxygen atoms in total. The van der Waals surface area contributed by atoms with Crippen LogP contribution in [-0.2, 0) is 5.88 Å². The fourth-order valence-electron chi connectivity index (χ4n) is 2.61. The van der Waals surface area contributed by atoms with E-state index in [4.69, 9.17) is 11.6 Å². The molecule has 0 unspecified atom stereocenters. The fourth-order valence-corrected chi connectivity index (χ4v) is 2.82. The van der Waals surface area contributed by atoms with Crippen molar-refractivity contribution in [2.24, 2.45) is 0 Å². The number of nitro groups is 1. The fraction of sp³-hybridized carbons (Fsp3) is 0.538. The topological polar surface area (TPSA) is 46.4 Å². The summed E-state index contributed by atoms with van der Waals surface area (Å²) in [6.45, 7) is 5.37. The van der Waals surface area contributed by atoms with Gasteiger partial charge in [0.1, 0.15) is 0 Å². The van der Waals surface area contributed by atoms with Gasteiger partial charge in [0.15, 0.2) is 0 Å². The van der Waals surface area contributed by atoms with E-state index in [0.717, 1.165) is 30.6 Å². The summed E-state index contributed by atoms with van der Waals surface area (Å²) in [5.41, 5.74) is 2.06. The number of benzene rings is 1. The van der Waals surface area contributed by atoms with Crippen LogP contribution in [-0.4, -0.2) is 17.0 Å². The van der Waals surface area contributed by atoms with Crippen LogP contribution in [0, 0.1) is 10.1 Å². The summed E-state index contributed by atoms with van der Waals surface area (Å²) in [4.78, 5) is 12.7. The highest BCUT2D eigenvalue weighted by Crippen LogP contribution is 2.37. The highest BCUT2D eigenvalue weighted by Gasteiger charge is 2.33. The number of hydrogen-bond donors (Lipinski definition) is 0. The average Bonchev–Trinajstić information content (AvgIpc) is 2.67. The van der Waals surface area contributed by atoms with Crippen molar-refractivity contribution in [2.45, 2.75) is 38.1 Å². The molecule has 5 heteroatoms. The first kappa shape index (κ1) is 13.1. The molecule has 18 heavy (non-hydrogen) atoms. The van der Waals surface area contributed by atoms with Crippen molar-refractivity contribution in [1.29, 1.82) is 0 Å². The van der Waals surface area contributed by atoms with Crippen molar-refractivity contribution in [3.63, 3.8) is 0 Å². The monoisotopic (exact) mass is 268 g/mol. The molecule has 0 aromatic heterocycles. The lowest BCUT2D eigenvalue weighted by Crippen LogP contribution is -2.38. The number of nitro benzene ring substituents is 1. The first-order chi connectivity index (χ1) is 8.45. The van der Waals surface area contributed by atoms with Crippen molar-refractivity contribution in [3.05, 3.63) is 33.9 Å². The molecule has 1 heterocycles. The van der Waals surface area contributed by atoms with Gasteiger partial charge in [-0.1, -0.05) is 0 Å². The molecule has 1 fully saturated rings. The highest BCUT2D eigenvalue weighted by molar-refractivity contribution is 6.17. The van der Waals surface area contributed by atoms with E-state index in [0.29, 0.717) is 5.88 Å². The third-order valence-corrected chi connectivity index (χ3v) is 3.90. The molecule has 1 aliphatic rings. The number of alkyl halides is 1. The van der Waals surface area contributed by atoms with Gasteiger partial charge in [-0.15, -0.1) is 11.6 Å². The Hall–Kier alpha value is -1.29. The van der Waals surface area contributed by atoms with Crippen LogP contribution in [0.25, 0.3) is 0 Å². The summed E-state index contributed by atoms with van der Waals surface area (Å²) >= 11 is 5.93. The van der Waals surface area contributed by atoms with Gasteiger partial charge < -0.3 is 4.90 Å². The molecule has 1 aliphatic heterocycles. The maximum absolute atomic E-state index is 10.8. The van der Waals surface area contributed by atoms with Crippen molar-refractivity contribution >= 4 is 23.0 Å². The lowest BCUT2D eigenvalue weighted by molar-refractivity contribution is -0.384. The van der Waals surface area contributed by atoms with Crippen LogP contribution in [0.1, 0.15) is 32.3 Å². The Balaban J connectivity index is 2.42. The minimum atomic E-state index is -0.380. The number of nitrogens with zero attached hydrogens (tertiary/aromatic N) is 2. The third kappa shape index (κ3) is 2.29. The Morgan fingerprint density at radius 1 is 1.50 bits per heavy atom. The molecule has 1 saturated heterocycles. The Morgan fingerprint density at radius 3 is 2.72 bits per heavy atom. The van der Waals surface area contributed by atoms with Crippen LogP contribution in [0.15, 0.2) is 18.2 Å². The zero-order valence-corrected chi connectivity index (χ0v) is 11.4. The van der Waals surface area contributed by atoms with E-state index >= 15 is 0 Å². The van der Waals surface area contributed by atoms with E-state index in [1.165, 1.54) is 0 Å². The molecular formula is C13H17ClN2O2. The smallest absolute Gasteiger partial charge is 0.269 e. The standard InChI is InChI=1S/C13H17ClN2O2/c1-13(2)6-3-7-15(13)12-5-4-11(16(17)18)8-10(12)9-14/h4-5,8H,3,6-7,9H2,1-2H3. The summed E-state index contributed by atoms with van der Waals surface area (Å²) in [5, 5.41) is 10.8. The quantitative estimate of drug-likeness (QED) is 0.477. The van der Waals surface area contributed by atoms with E-state index in [-0.39, 0.29) is 16.1 Å². The first-order valence-electron chi connectivity index (χ1n) is 6.06. The molecule has 1 aromatic rings. The van der Waals surface area contributed by atoms with Gasteiger partial charge >= 0.3 is 0 Å². The number of anilines is 1. The summed E-state index contributed by atoms with van der Waals surface area (Å²) in [5.74, 6) is 0.295. The summed E-state index contributed by atoms with van der Waals surface area (Å²) in [7, 11) is 0. The number of rotatable bonds is 3. The zero-order chi connectivity index (χ0) is 13.3. The number of halogens is 1. The summed E-state index contributed by atoms with van der Waals surface area (Å²) < 4.78 is 0. The molecule has 0 amide bonds. The van der Waals surface area contributed by atoms with E-state index in [9.17, 15) is 10.1 Å². The minimum Gasteiger partial charge on any atom is -0.366 e. The second-order valence-corrected chi connectivity index (χ2v) is 5.54. The predicted molar refractivity (Wildman–Crippen MR) is 73.3 cm³/mol. The molecule has 0 spiro atoms. The van der Waals surface area contributed by atoms with Gasteiger partial charge in [0, 0.05) is 35.8 Å². The molecule has 1 aromatic carbocycles. The summed E-state index contributed by atoms with van der Waals surface area (Å²) in [6, 6.07) is 4.96. The SMILES string of the molecule is CC1(C)CCCN1c1ccc([N+](=O)[O-])cc1CCl. The van der Waals surface area contributed by atoms with Crippen LogP contribution < -0.4 is 4.90 Å². The van der Waals surface area contributed by atoms with E-state index in [1.54, 1.807) is 12.1 Å². The lowest BCUT2D eigenvalue weighted by atomic mass is 10.0. The third-order valence-electron chi connectivity index (χ3n) is 3.61. The van der Waals surface area contributed by atoms with Crippen molar-refractivity contribution < 1.29 is 4.92 Å². The Labute approximate surface area is 112 Å². The second kappa shape index (κ2) is 4.76. The van der Waals surface area contributed by atoms with E-state index < -0.39 is 0 Å². The molecule has 0 bridgehead atoms. The van der Waals surface area contributed by atoms with Crippen LogP contribution in [0.5, 0.6) is 0 Å². The molecule has 98 valence electrons. The van der Waals surface area contributed by atoms with Crippen LogP contribution >= 0.6 is 11.6 Å². The lowest BCUT2D eigenvalue weighted by Gasteiger charge is -2.35. The van der Waals surface area contributed by atoms with Crippen molar-refractivity contribution in [1.82, 2.24) is 0 Å². The minimum absolute atomic E-state index is 0.0942. The van der Waals surface area contributed by atoms with Gasteiger partial charge in [0.25, 0.3) is 5.69 Å². The van der Waals surface area contributed by atoms with Gasteiger partial charge in [0.05, 0.1) is 4.92 Å². The van der Waals surface area contributed by atoms with Gasteiger partial charge in [-0.3, -0.25) is 10.1 Å². The molecular weight excluding hydrogens is 252 g/mol. The molecule has 0 atom stereocenters. The van der Waals surface area contributed by atoms with Gasteiger partial charge in [-0.05, 0) is 38.3 Å². The first-order valence-corrected chi connectivity index (χ1v) is 6.60. The molecule has 0 radical (unpaired) electrons. The maximum Gasteiger partial charge on any atom is 0.269 e. The second-order valence-electron chi connectivity index (χ2n) is 5.27. The highest BCUT2D eigenvalue weighted by atomic mass is 35.5. The van der Waals surface area contributed by atoms with Crippen LogP contribution in [0.2, 0.25) is 0 Å². The largest absolute Gasteiger partial charge is 0.366 e. The Kier molecular flexibility index (Phi) is 3.48. The molecule has 2 rings (SSSR count). The Bertz CT molecular complexity index is 474. The van der Waals surface area contributed by atoms with E-state index in [1.807, 2.05) is 6.07 Å². The number of non-ortho nitro benzene ring substituents is 1. The zero-order valence-electron chi connectivity index (χ0n) is 10.6. The van der Waals surface area contributed by atoms with Crippen LogP contribution in [0.3, 0.4) is 0 Å². The van der Waals surface area contributed by atoms with Gasteiger partial charge in [0.2, 0.25) is 0 Å².